The van der Waals surface area contributed by atoms with Crippen molar-refractivity contribution < 1.29 is 0 Å². The van der Waals surface area contributed by atoms with Crippen LogP contribution in [0.1, 0.15) is 27.9 Å². The Morgan fingerprint density at radius 2 is 1.96 bits per heavy atom. The van der Waals surface area contributed by atoms with Crippen molar-refractivity contribution in [2.24, 2.45) is 0 Å². The number of thioether (sulfide) groups is 2. The molecule has 3 nitrogen and oxygen atoms in total. The van der Waals surface area contributed by atoms with Crippen LogP contribution in [0.3, 0.4) is 0 Å². The topological polar surface area (TPSA) is 34.9 Å². The number of aromatic nitrogens is 2. The summed E-state index contributed by atoms with van der Waals surface area (Å²) in [7, 11) is 0. The third-order valence-corrected chi connectivity index (χ3v) is 6.93. The third-order valence-electron chi connectivity index (χ3n) is 4.79. The van der Waals surface area contributed by atoms with Crippen LogP contribution in [-0.2, 0) is 18.7 Å². The molecule has 0 saturated heterocycles. The lowest BCUT2D eigenvalue weighted by atomic mass is 10.1. The van der Waals surface area contributed by atoms with E-state index >= 15 is 0 Å². The molecule has 0 N–H and O–H groups in total. The molecular weight excluding hydrogens is 372 g/mol. The molecule has 2 aromatic carbocycles. The minimum atomic E-state index is 0.106. The van der Waals surface area contributed by atoms with Gasteiger partial charge in [0.25, 0.3) is 5.56 Å². The number of hydrogen-bond acceptors (Lipinski definition) is 4. The second-order valence-corrected chi connectivity index (χ2v) is 8.91. The first-order chi connectivity index (χ1) is 13.1. The lowest BCUT2D eigenvalue weighted by molar-refractivity contribution is 0.616. The number of aryl methyl sites for hydroxylation is 3. The van der Waals surface area contributed by atoms with Crippen molar-refractivity contribution in [3.63, 3.8) is 0 Å². The van der Waals surface area contributed by atoms with Crippen LogP contribution in [-0.4, -0.2) is 15.3 Å². The monoisotopic (exact) mass is 394 g/mol. The smallest absolute Gasteiger partial charge is 0.268 e. The van der Waals surface area contributed by atoms with Gasteiger partial charge in [0.05, 0.1) is 17.1 Å². The van der Waals surface area contributed by atoms with E-state index in [9.17, 15) is 4.79 Å². The normalized spacial score (nSPS) is 13.0. The molecule has 0 atom stereocenters. The van der Waals surface area contributed by atoms with Crippen LogP contribution in [0.15, 0.2) is 63.4 Å². The number of nitrogens with zero attached hydrogens (tertiary/aromatic N) is 2. The van der Waals surface area contributed by atoms with Crippen LogP contribution in [0.25, 0.3) is 0 Å². The Labute approximate surface area is 168 Å². The summed E-state index contributed by atoms with van der Waals surface area (Å²) in [5.41, 5.74) is 6.04. The zero-order chi connectivity index (χ0) is 18.8. The molecule has 27 heavy (non-hydrogen) atoms. The minimum absolute atomic E-state index is 0.106. The van der Waals surface area contributed by atoms with Crippen molar-refractivity contribution in [3.8, 4) is 0 Å². The second kappa shape index (κ2) is 7.95. The summed E-state index contributed by atoms with van der Waals surface area (Å²) in [6.45, 7) is 4.82. The molecule has 4 rings (SSSR count). The Morgan fingerprint density at radius 1 is 1.15 bits per heavy atom. The van der Waals surface area contributed by atoms with Gasteiger partial charge in [-0.25, -0.2) is 4.98 Å². The maximum Gasteiger partial charge on any atom is 0.268 e. The first-order valence-corrected chi connectivity index (χ1v) is 11.1. The van der Waals surface area contributed by atoms with Gasteiger partial charge in [0.1, 0.15) is 0 Å². The molecular formula is C22H22N2OS2. The fourth-order valence-electron chi connectivity index (χ4n) is 3.24. The molecule has 0 saturated carbocycles. The summed E-state index contributed by atoms with van der Waals surface area (Å²) in [5, 5.41) is 0.825. The zero-order valence-corrected chi connectivity index (χ0v) is 17.2. The van der Waals surface area contributed by atoms with Crippen molar-refractivity contribution >= 4 is 23.5 Å². The highest BCUT2D eigenvalue weighted by Crippen LogP contribution is 2.30. The predicted molar refractivity (Wildman–Crippen MR) is 114 cm³/mol. The van der Waals surface area contributed by atoms with E-state index in [4.69, 9.17) is 4.98 Å². The van der Waals surface area contributed by atoms with E-state index in [0.29, 0.717) is 6.54 Å². The van der Waals surface area contributed by atoms with Crippen LogP contribution in [0.2, 0.25) is 0 Å². The first-order valence-electron chi connectivity index (χ1n) is 9.11. The molecule has 138 valence electrons. The third kappa shape index (κ3) is 3.99. The number of benzene rings is 2. The van der Waals surface area contributed by atoms with Crippen molar-refractivity contribution in [1.82, 2.24) is 9.55 Å². The standard InChI is InChI=1S/C22H22N2OS2/c1-15-8-9-16(2)18(12-15)14-27-22-23-19-10-11-26-20(19)21(25)24(22)13-17-6-4-3-5-7-17/h3-9,12H,10-11,13-14H2,1-2H3. The molecule has 0 unspecified atom stereocenters. The maximum absolute atomic E-state index is 13.1. The molecule has 0 amide bonds. The molecule has 1 aliphatic rings. The Balaban J connectivity index is 1.69. The van der Waals surface area contributed by atoms with Crippen molar-refractivity contribution in [3.05, 3.63) is 86.8 Å². The van der Waals surface area contributed by atoms with Crippen molar-refractivity contribution in [1.29, 1.82) is 0 Å². The zero-order valence-electron chi connectivity index (χ0n) is 15.6. The average molecular weight is 395 g/mol. The molecule has 5 heteroatoms. The summed E-state index contributed by atoms with van der Waals surface area (Å²) in [6.07, 6.45) is 0.887. The predicted octanol–water partition coefficient (Wildman–Crippen LogP) is 4.85. The lowest BCUT2D eigenvalue weighted by Crippen LogP contribution is -2.25. The van der Waals surface area contributed by atoms with Gasteiger partial charge in [-0.1, -0.05) is 65.9 Å². The molecule has 0 radical (unpaired) electrons. The molecule has 0 bridgehead atoms. The van der Waals surface area contributed by atoms with Crippen molar-refractivity contribution in [2.45, 2.75) is 42.6 Å². The highest BCUT2D eigenvalue weighted by molar-refractivity contribution is 7.99. The highest BCUT2D eigenvalue weighted by Gasteiger charge is 2.22. The van der Waals surface area contributed by atoms with E-state index in [2.05, 4.69) is 44.2 Å². The van der Waals surface area contributed by atoms with Gasteiger partial charge in [-0.2, -0.15) is 0 Å². The van der Waals surface area contributed by atoms with E-state index in [0.717, 1.165) is 39.2 Å². The number of rotatable bonds is 5. The second-order valence-electron chi connectivity index (χ2n) is 6.86. The van der Waals surface area contributed by atoms with Crippen LogP contribution < -0.4 is 5.56 Å². The number of hydrogen-bond donors (Lipinski definition) is 0. The van der Waals surface area contributed by atoms with Gasteiger partial charge >= 0.3 is 0 Å². The summed E-state index contributed by atoms with van der Waals surface area (Å²) in [4.78, 5) is 18.8. The Hall–Kier alpha value is -1.98. The van der Waals surface area contributed by atoms with E-state index in [1.807, 2.05) is 22.8 Å². The molecule has 0 aliphatic carbocycles. The van der Waals surface area contributed by atoms with Crippen molar-refractivity contribution in [2.75, 3.05) is 5.75 Å². The summed E-state index contributed by atoms with van der Waals surface area (Å²) >= 11 is 3.31. The molecule has 1 aliphatic heterocycles. The lowest BCUT2D eigenvalue weighted by Gasteiger charge is -2.14. The highest BCUT2D eigenvalue weighted by atomic mass is 32.2. The Bertz CT molecular complexity index is 1030. The quantitative estimate of drug-likeness (QED) is 0.458. The van der Waals surface area contributed by atoms with Gasteiger partial charge in [0.2, 0.25) is 0 Å². The van der Waals surface area contributed by atoms with Crippen LogP contribution >= 0.6 is 23.5 Å². The van der Waals surface area contributed by atoms with Gasteiger partial charge < -0.3 is 0 Å². The van der Waals surface area contributed by atoms with Gasteiger partial charge in [-0.05, 0) is 30.5 Å². The average Bonchev–Trinajstić information content (AvgIpc) is 3.15. The van der Waals surface area contributed by atoms with Gasteiger partial charge in [-0.3, -0.25) is 9.36 Å². The largest absolute Gasteiger partial charge is 0.282 e. The Morgan fingerprint density at radius 3 is 2.78 bits per heavy atom. The van der Waals surface area contributed by atoms with E-state index in [1.54, 1.807) is 23.5 Å². The maximum atomic E-state index is 13.1. The van der Waals surface area contributed by atoms with Gasteiger partial charge in [0.15, 0.2) is 5.16 Å². The van der Waals surface area contributed by atoms with Gasteiger partial charge in [-0.15, -0.1) is 11.8 Å². The number of fused-ring (bicyclic) bond motifs is 1. The van der Waals surface area contributed by atoms with Crippen LogP contribution in [0, 0.1) is 13.8 Å². The van der Waals surface area contributed by atoms with E-state index in [-0.39, 0.29) is 5.56 Å². The summed E-state index contributed by atoms with van der Waals surface area (Å²) in [6, 6.07) is 16.7. The van der Waals surface area contributed by atoms with Crippen LogP contribution in [0.5, 0.6) is 0 Å². The fourth-order valence-corrected chi connectivity index (χ4v) is 5.36. The summed E-state index contributed by atoms with van der Waals surface area (Å²) < 4.78 is 1.85. The molecule has 3 aromatic rings. The SMILES string of the molecule is Cc1ccc(C)c(CSc2nc3c(c(=O)n2Cc2ccccc2)SCC3)c1. The molecule has 2 heterocycles. The fraction of sp³-hybridized carbons (Fsp3) is 0.273. The van der Waals surface area contributed by atoms with Gasteiger partial charge in [0, 0.05) is 17.9 Å². The molecule has 0 fully saturated rings. The van der Waals surface area contributed by atoms with Crippen LogP contribution in [0.4, 0.5) is 0 Å². The first kappa shape index (κ1) is 18.4. The van der Waals surface area contributed by atoms with E-state index in [1.165, 1.54) is 16.7 Å². The minimum Gasteiger partial charge on any atom is -0.282 e. The summed E-state index contributed by atoms with van der Waals surface area (Å²) in [5.74, 6) is 1.77. The van der Waals surface area contributed by atoms with E-state index < -0.39 is 0 Å². The molecule has 1 aromatic heterocycles. The molecule has 0 spiro atoms. The Kier molecular flexibility index (Phi) is 5.41.